The molecular weight excluding hydrogens is 368 g/mol. The molecule has 7 nitrogen and oxygen atoms in total. The fourth-order valence-corrected chi connectivity index (χ4v) is 3.12. The molecule has 1 heterocycles. The molecule has 0 radical (unpaired) electrons. The largest absolute Gasteiger partial charge is 0.363 e. The molecule has 3 amide bonds. The monoisotopic (exact) mass is 400 g/mol. The number of benzene rings is 1. The Balaban J connectivity index is 2.20. The molecule has 0 aliphatic carbocycles. The second-order valence-electron chi connectivity index (χ2n) is 7.76. The zero-order chi connectivity index (χ0) is 21.4. The molecule has 1 aromatic carbocycles. The number of carbonyl (C=O) groups excluding carboxylic acids is 2. The summed E-state index contributed by atoms with van der Waals surface area (Å²) in [6.07, 6.45) is 3.12. The lowest BCUT2D eigenvalue weighted by Gasteiger charge is -2.25. The Bertz CT molecular complexity index is 774. The highest BCUT2D eigenvalue weighted by molar-refractivity contribution is 5.97. The van der Waals surface area contributed by atoms with E-state index in [9.17, 15) is 9.59 Å². The summed E-state index contributed by atoms with van der Waals surface area (Å²) in [6, 6.07) is 7.39. The summed E-state index contributed by atoms with van der Waals surface area (Å²) in [6.45, 7) is 10.9. The van der Waals surface area contributed by atoms with E-state index in [1.165, 1.54) is 6.26 Å². The van der Waals surface area contributed by atoms with Crippen molar-refractivity contribution in [1.29, 1.82) is 0 Å². The minimum absolute atomic E-state index is 0.0560. The van der Waals surface area contributed by atoms with E-state index >= 15 is 0 Å². The maximum absolute atomic E-state index is 13.1. The van der Waals surface area contributed by atoms with Crippen molar-refractivity contribution in [3.05, 3.63) is 41.7 Å². The number of nitrogens with zero attached hydrogens (tertiary/aromatic N) is 2. The lowest BCUT2D eigenvalue weighted by atomic mass is 9.93. The fourth-order valence-electron chi connectivity index (χ4n) is 3.12. The SMILES string of the molecule is CCCCN(CC(=O)Nc1ccon1)C(=O)Nc1c(C(C)C)cccc1C(C)C. The standard InChI is InChI=1S/C22H32N4O3/c1-6-7-12-26(14-20(27)23-19-11-13-29-25-19)22(28)24-21-17(15(2)3)9-8-10-18(21)16(4)5/h8-11,13,15-16H,6-7,12,14H2,1-5H3,(H,24,28)(H,23,25,27). The van der Waals surface area contributed by atoms with Crippen LogP contribution in [0.15, 0.2) is 35.1 Å². The van der Waals surface area contributed by atoms with Crippen molar-refractivity contribution < 1.29 is 14.1 Å². The van der Waals surface area contributed by atoms with Gasteiger partial charge in [0, 0.05) is 18.3 Å². The normalized spacial score (nSPS) is 11.0. The first-order valence-electron chi connectivity index (χ1n) is 10.2. The van der Waals surface area contributed by atoms with Gasteiger partial charge in [0.15, 0.2) is 5.82 Å². The summed E-state index contributed by atoms with van der Waals surface area (Å²) in [4.78, 5) is 27.0. The van der Waals surface area contributed by atoms with Gasteiger partial charge in [0.2, 0.25) is 5.91 Å². The summed E-state index contributed by atoms with van der Waals surface area (Å²) in [5.74, 6) is 0.552. The van der Waals surface area contributed by atoms with Gasteiger partial charge in [-0.1, -0.05) is 64.4 Å². The van der Waals surface area contributed by atoms with Crippen LogP contribution < -0.4 is 10.6 Å². The third kappa shape index (κ3) is 6.34. The maximum Gasteiger partial charge on any atom is 0.322 e. The fraction of sp³-hybridized carbons (Fsp3) is 0.500. The summed E-state index contributed by atoms with van der Waals surface area (Å²) in [7, 11) is 0. The first-order chi connectivity index (χ1) is 13.8. The highest BCUT2D eigenvalue weighted by Gasteiger charge is 2.21. The lowest BCUT2D eigenvalue weighted by Crippen LogP contribution is -2.41. The van der Waals surface area contributed by atoms with Gasteiger partial charge >= 0.3 is 6.03 Å². The third-order valence-electron chi connectivity index (χ3n) is 4.71. The van der Waals surface area contributed by atoms with Crippen molar-refractivity contribution in [2.24, 2.45) is 0 Å². The molecule has 158 valence electrons. The van der Waals surface area contributed by atoms with Gasteiger partial charge in [-0.25, -0.2) is 4.79 Å². The predicted octanol–water partition coefficient (Wildman–Crippen LogP) is 5.19. The van der Waals surface area contributed by atoms with Crippen LogP contribution in [0.2, 0.25) is 0 Å². The van der Waals surface area contributed by atoms with Gasteiger partial charge in [-0.3, -0.25) is 4.79 Å². The van der Waals surface area contributed by atoms with Gasteiger partial charge in [-0.2, -0.15) is 0 Å². The molecule has 2 N–H and O–H groups in total. The number of amides is 3. The van der Waals surface area contributed by atoms with E-state index in [4.69, 9.17) is 4.52 Å². The van der Waals surface area contributed by atoms with Gasteiger partial charge < -0.3 is 20.1 Å². The van der Waals surface area contributed by atoms with Crippen LogP contribution in [0, 0.1) is 0 Å². The lowest BCUT2D eigenvalue weighted by molar-refractivity contribution is -0.116. The molecule has 0 unspecified atom stereocenters. The molecule has 1 aromatic heterocycles. The first kappa shape index (κ1) is 22.5. The summed E-state index contributed by atoms with van der Waals surface area (Å²) in [5, 5.41) is 9.40. The van der Waals surface area contributed by atoms with Gasteiger partial charge in [-0.05, 0) is 29.4 Å². The number of carbonyl (C=O) groups is 2. The molecule has 0 bridgehead atoms. The Kier molecular flexibility index (Phi) is 8.24. The van der Waals surface area contributed by atoms with E-state index in [1.54, 1.807) is 11.0 Å². The molecule has 2 rings (SSSR count). The molecule has 0 saturated carbocycles. The van der Waals surface area contributed by atoms with Crippen LogP contribution in [0.5, 0.6) is 0 Å². The van der Waals surface area contributed by atoms with Crippen molar-refractivity contribution >= 4 is 23.4 Å². The van der Waals surface area contributed by atoms with Crippen LogP contribution in [-0.4, -0.2) is 35.1 Å². The maximum atomic E-state index is 13.1. The Hall–Kier alpha value is -2.83. The minimum Gasteiger partial charge on any atom is -0.363 e. The third-order valence-corrected chi connectivity index (χ3v) is 4.71. The topological polar surface area (TPSA) is 87.5 Å². The smallest absolute Gasteiger partial charge is 0.322 e. The number of urea groups is 1. The van der Waals surface area contributed by atoms with E-state index in [2.05, 4.69) is 50.4 Å². The number of hydrogen-bond acceptors (Lipinski definition) is 4. The number of unbranched alkanes of at least 4 members (excludes halogenated alkanes) is 1. The molecule has 0 fully saturated rings. The summed E-state index contributed by atoms with van der Waals surface area (Å²) in [5.41, 5.74) is 3.03. The van der Waals surface area contributed by atoms with Crippen molar-refractivity contribution in [2.45, 2.75) is 59.3 Å². The second kappa shape index (κ2) is 10.6. The quantitative estimate of drug-likeness (QED) is 0.606. The number of hydrogen-bond donors (Lipinski definition) is 2. The Labute approximate surface area is 172 Å². The minimum atomic E-state index is -0.314. The molecular formula is C22H32N4O3. The highest BCUT2D eigenvalue weighted by Crippen LogP contribution is 2.32. The van der Waals surface area contributed by atoms with Crippen molar-refractivity contribution in [3.8, 4) is 0 Å². The van der Waals surface area contributed by atoms with Gasteiger partial charge in [0.1, 0.15) is 12.8 Å². The van der Waals surface area contributed by atoms with Crippen LogP contribution in [0.25, 0.3) is 0 Å². The molecule has 0 aliphatic heterocycles. The number of nitrogens with one attached hydrogen (secondary N) is 2. The van der Waals surface area contributed by atoms with E-state index in [0.29, 0.717) is 12.4 Å². The second-order valence-corrected chi connectivity index (χ2v) is 7.76. The van der Waals surface area contributed by atoms with Crippen LogP contribution >= 0.6 is 0 Å². The molecule has 0 atom stereocenters. The Morgan fingerprint density at radius 2 is 1.72 bits per heavy atom. The summed E-state index contributed by atoms with van der Waals surface area (Å²) < 4.78 is 4.73. The van der Waals surface area contributed by atoms with Gasteiger partial charge in [0.05, 0.1) is 0 Å². The van der Waals surface area contributed by atoms with E-state index in [0.717, 1.165) is 29.7 Å². The molecule has 29 heavy (non-hydrogen) atoms. The average molecular weight is 401 g/mol. The molecule has 2 aromatic rings. The van der Waals surface area contributed by atoms with Crippen LogP contribution in [-0.2, 0) is 4.79 Å². The molecule has 0 spiro atoms. The van der Waals surface area contributed by atoms with E-state index in [1.807, 2.05) is 18.2 Å². The predicted molar refractivity (Wildman–Crippen MR) is 115 cm³/mol. The summed E-state index contributed by atoms with van der Waals surface area (Å²) >= 11 is 0. The Morgan fingerprint density at radius 1 is 1.07 bits per heavy atom. The molecule has 7 heteroatoms. The molecule has 0 aliphatic rings. The molecule has 0 saturated heterocycles. The van der Waals surface area contributed by atoms with Crippen molar-refractivity contribution in [1.82, 2.24) is 10.1 Å². The first-order valence-corrected chi connectivity index (χ1v) is 10.2. The van der Waals surface area contributed by atoms with Crippen molar-refractivity contribution in [3.63, 3.8) is 0 Å². The van der Waals surface area contributed by atoms with Crippen LogP contribution in [0.4, 0.5) is 16.3 Å². The number of aromatic nitrogens is 1. The van der Waals surface area contributed by atoms with Crippen LogP contribution in [0.3, 0.4) is 0 Å². The van der Waals surface area contributed by atoms with E-state index < -0.39 is 0 Å². The van der Waals surface area contributed by atoms with Gasteiger partial charge in [-0.15, -0.1) is 0 Å². The number of para-hydroxylation sites is 1. The Morgan fingerprint density at radius 3 is 2.24 bits per heavy atom. The number of rotatable bonds is 9. The zero-order valence-electron chi connectivity index (χ0n) is 18.0. The average Bonchev–Trinajstić information content (AvgIpc) is 3.17. The van der Waals surface area contributed by atoms with E-state index in [-0.39, 0.29) is 30.3 Å². The van der Waals surface area contributed by atoms with Gasteiger partial charge in [0.25, 0.3) is 0 Å². The van der Waals surface area contributed by atoms with Crippen molar-refractivity contribution in [2.75, 3.05) is 23.7 Å². The zero-order valence-corrected chi connectivity index (χ0v) is 18.0. The van der Waals surface area contributed by atoms with Crippen LogP contribution in [0.1, 0.15) is 70.4 Å². The highest BCUT2D eigenvalue weighted by atomic mass is 16.5. The number of anilines is 2.